The van der Waals surface area contributed by atoms with Gasteiger partial charge in [-0.2, -0.15) is 0 Å². The van der Waals surface area contributed by atoms with Crippen LogP contribution in [0.25, 0.3) is 0 Å². The molecule has 0 aromatic carbocycles. The number of nitrogens with one attached hydrogen (secondary N) is 1. The Hall–Kier alpha value is -2.28. The lowest BCUT2D eigenvalue weighted by Gasteiger charge is -2.32. The molecule has 0 bridgehead atoms. The molecule has 0 atom stereocenters. The van der Waals surface area contributed by atoms with E-state index in [0.717, 1.165) is 0 Å². The van der Waals surface area contributed by atoms with Crippen molar-refractivity contribution in [1.82, 2.24) is 24.9 Å². The minimum absolute atomic E-state index is 0.166. The molecule has 0 aliphatic carbocycles. The van der Waals surface area contributed by atoms with Crippen molar-refractivity contribution in [1.29, 1.82) is 0 Å². The molecule has 0 aromatic heterocycles. The van der Waals surface area contributed by atoms with Crippen LogP contribution >= 0.6 is 0 Å². The fourth-order valence-corrected chi connectivity index (χ4v) is 2.95. The summed E-state index contributed by atoms with van der Waals surface area (Å²) in [5, 5.41) is 29.9. The van der Waals surface area contributed by atoms with Crippen LogP contribution in [0.5, 0.6) is 0 Å². The molecule has 1 aliphatic rings. The van der Waals surface area contributed by atoms with Gasteiger partial charge >= 0.3 is 17.9 Å². The molecule has 1 fully saturated rings. The predicted molar refractivity (Wildman–Crippen MR) is 97.9 cm³/mol. The van der Waals surface area contributed by atoms with E-state index in [0.29, 0.717) is 58.8 Å². The van der Waals surface area contributed by atoms with Crippen LogP contribution in [0.3, 0.4) is 0 Å². The van der Waals surface area contributed by atoms with Gasteiger partial charge in [-0.3, -0.25) is 38.8 Å². The summed E-state index contributed by atoms with van der Waals surface area (Å²) in [6.45, 7) is 3.00. The smallest absolute Gasteiger partial charge is 0.317 e. The van der Waals surface area contributed by atoms with Gasteiger partial charge in [-0.25, -0.2) is 0 Å². The summed E-state index contributed by atoms with van der Waals surface area (Å²) >= 11 is 0. The van der Waals surface area contributed by atoms with E-state index in [-0.39, 0.29) is 26.3 Å². The third-order valence-electron chi connectivity index (χ3n) is 4.40. The Morgan fingerprint density at radius 1 is 0.643 bits per heavy atom. The van der Waals surface area contributed by atoms with Crippen LogP contribution in [-0.2, 0) is 19.2 Å². The quantitative estimate of drug-likeness (QED) is 0.294. The van der Waals surface area contributed by atoms with Gasteiger partial charge in [0.1, 0.15) is 0 Å². The summed E-state index contributed by atoms with van der Waals surface area (Å²) in [7, 11) is 0. The largest absolute Gasteiger partial charge is 0.480 e. The second-order valence-electron chi connectivity index (χ2n) is 6.61. The first-order valence-electron chi connectivity index (χ1n) is 9.02. The Kier molecular flexibility index (Phi) is 11.0. The first-order valence-corrected chi connectivity index (χ1v) is 9.02. The summed E-state index contributed by atoms with van der Waals surface area (Å²) in [6.07, 6.45) is 0.573. The normalized spacial score (nSPS) is 19.3. The molecule has 1 saturated heterocycles. The molecule has 28 heavy (non-hydrogen) atoms. The zero-order valence-corrected chi connectivity index (χ0v) is 15.8. The second-order valence-corrected chi connectivity index (χ2v) is 6.61. The molecule has 12 heteroatoms. The Morgan fingerprint density at radius 2 is 0.929 bits per heavy atom. The van der Waals surface area contributed by atoms with Gasteiger partial charge in [-0.1, -0.05) is 0 Å². The topological polar surface area (TPSA) is 154 Å². The Bertz CT molecular complexity index is 502. The highest BCUT2D eigenvalue weighted by Gasteiger charge is 2.19. The number of hydrogen-bond donors (Lipinski definition) is 4. The second kappa shape index (κ2) is 13.0. The van der Waals surface area contributed by atoms with Gasteiger partial charge in [-0.15, -0.1) is 0 Å². The average Bonchev–Trinajstić information content (AvgIpc) is 2.59. The van der Waals surface area contributed by atoms with Crippen LogP contribution in [0.15, 0.2) is 0 Å². The Labute approximate surface area is 163 Å². The SMILES string of the molecule is O=CNCN1CCN(CC(=O)O)CCN(CC(=O)O)CCN(CC(=O)O)CC1. The van der Waals surface area contributed by atoms with Crippen molar-refractivity contribution in [3.8, 4) is 0 Å². The standard InChI is InChI=1S/C16H29N5O7/c22-13-17-12-21-7-5-19(10-15(25)26)3-1-18(9-14(23)24)2-4-20(6-8-21)11-16(27)28/h13H,1-12H2,(H,17,22)(H,23,24)(H,25,26)(H,27,28). The van der Waals surface area contributed by atoms with Crippen molar-refractivity contribution in [2.75, 3.05) is 78.7 Å². The zero-order valence-electron chi connectivity index (χ0n) is 15.8. The summed E-state index contributed by atoms with van der Waals surface area (Å²) in [5.41, 5.74) is 0. The van der Waals surface area contributed by atoms with Crippen molar-refractivity contribution in [2.45, 2.75) is 0 Å². The number of aliphatic carboxylic acids is 3. The maximum Gasteiger partial charge on any atom is 0.317 e. The summed E-state index contributed by atoms with van der Waals surface area (Å²) in [6, 6.07) is 0. The van der Waals surface area contributed by atoms with Gasteiger partial charge in [0.25, 0.3) is 0 Å². The molecule has 0 unspecified atom stereocenters. The van der Waals surface area contributed by atoms with Crippen LogP contribution in [0.4, 0.5) is 0 Å². The molecule has 4 N–H and O–H groups in total. The number of nitrogens with zero attached hydrogens (tertiary/aromatic N) is 4. The third-order valence-corrected chi connectivity index (χ3v) is 4.40. The molecule has 0 radical (unpaired) electrons. The molecule has 1 heterocycles. The van der Waals surface area contributed by atoms with Crippen molar-refractivity contribution < 1.29 is 34.5 Å². The summed E-state index contributed by atoms with van der Waals surface area (Å²) < 4.78 is 0. The molecule has 1 rings (SSSR count). The van der Waals surface area contributed by atoms with Crippen LogP contribution in [-0.4, -0.2) is 138 Å². The van der Waals surface area contributed by atoms with Crippen molar-refractivity contribution in [2.24, 2.45) is 0 Å². The molecule has 0 saturated carbocycles. The van der Waals surface area contributed by atoms with E-state index in [4.69, 9.17) is 15.3 Å². The predicted octanol–water partition coefficient (Wildman–Crippen LogP) is -2.83. The number of amides is 1. The summed E-state index contributed by atoms with van der Waals surface area (Å²) in [5.74, 6) is -2.93. The lowest BCUT2D eigenvalue weighted by Crippen LogP contribution is -2.49. The number of carbonyl (C=O) groups is 4. The van der Waals surface area contributed by atoms with E-state index >= 15 is 0 Å². The fraction of sp³-hybridized carbons (Fsp3) is 0.750. The van der Waals surface area contributed by atoms with Crippen molar-refractivity contribution in [3.63, 3.8) is 0 Å². The maximum absolute atomic E-state index is 11.1. The fourth-order valence-electron chi connectivity index (χ4n) is 2.95. The first kappa shape index (κ1) is 23.8. The highest BCUT2D eigenvalue weighted by molar-refractivity contribution is 5.69. The van der Waals surface area contributed by atoms with E-state index in [1.54, 1.807) is 14.7 Å². The van der Waals surface area contributed by atoms with Gasteiger partial charge in [-0.05, 0) is 0 Å². The highest BCUT2D eigenvalue weighted by Crippen LogP contribution is 2.00. The monoisotopic (exact) mass is 403 g/mol. The van der Waals surface area contributed by atoms with Crippen LogP contribution in [0, 0.1) is 0 Å². The zero-order chi connectivity index (χ0) is 20.9. The number of hydrogen-bond acceptors (Lipinski definition) is 8. The van der Waals surface area contributed by atoms with Crippen LogP contribution in [0.2, 0.25) is 0 Å². The number of carboxylic acid groups (broad SMARTS) is 3. The van der Waals surface area contributed by atoms with Gasteiger partial charge in [0, 0.05) is 52.4 Å². The molecular formula is C16H29N5O7. The molecule has 160 valence electrons. The summed E-state index contributed by atoms with van der Waals surface area (Å²) in [4.78, 5) is 51.0. The molecule has 1 amide bonds. The molecule has 1 aliphatic heterocycles. The van der Waals surface area contributed by atoms with E-state index in [2.05, 4.69) is 5.32 Å². The van der Waals surface area contributed by atoms with Crippen molar-refractivity contribution >= 4 is 24.3 Å². The molecule has 12 nitrogen and oxygen atoms in total. The van der Waals surface area contributed by atoms with Gasteiger partial charge < -0.3 is 20.6 Å². The van der Waals surface area contributed by atoms with Crippen molar-refractivity contribution in [3.05, 3.63) is 0 Å². The highest BCUT2D eigenvalue weighted by atomic mass is 16.4. The molecular weight excluding hydrogens is 374 g/mol. The number of carboxylic acids is 3. The van der Waals surface area contributed by atoms with Crippen LogP contribution < -0.4 is 5.32 Å². The number of carbonyl (C=O) groups excluding carboxylic acids is 1. The van der Waals surface area contributed by atoms with Gasteiger partial charge in [0.15, 0.2) is 0 Å². The lowest BCUT2D eigenvalue weighted by molar-refractivity contribution is -0.140. The van der Waals surface area contributed by atoms with E-state index in [1.165, 1.54) is 0 Å². The average molecular weight is 403 g/mol. The maximum atomic E-state index is 11.1. The van der Waals surface area contributed by atoms with Crippen LogP contribution in [0.1, 0.15) is 0 Å². The first-order chi connectivity index (χ1) is 13.3. The Balaban J connectivity index is 2.87. The minimum Gasteiger partial charge on any atom is -0.480 e. The molecule has 0 spiro atoms. The van der Waals surface area contributed by atoms with E-state index in [9.17, 15) is 19.2 Å². The Morgan fingerprint density at radius 3 is 1.18 bits per heavy atom. The van der Waals surface area contributed by atoms with E-state index < -0.39 is 17.9 Å². The third kappa shape index (κ3) is 10.8. The minimum atomic E-state index is -0.993. The van der Waals surface area contributed by atoms with E-state index in [1.807, 2.05) is 4.90 Å². The lowest BCUT2D eigenvalue weighted by atomic mass is 10.3. The van der Waals surface area contributed by atoms with Gasteiger partial charge in [0.2, 0.25) is 6.41 Å². The molecule has 0 aromatic rings. The number of rotatable bonds is 9. The van der Waals surface area contributed by atoms with Gasteiger partial charge in [0.05, 0.1) is 26.3 Å².